The molecule has 4 heterocycles. The van der Waals surface area contributed by atoms with Gasteiger partial charge in [-0.3, -0.25) is 4.79 Å². The van der Waals surface area contributed by atoms with E-state index < -0.39 is 0 Å². The second kappa shape index (κ2) is 7.55. The van der Waals surface area contributed by atoms with Gasteiger partial charge >= 0.3 is 0 Å². The summed E-state index contributed by atoms with van der Waals surface area (Å²) < 4.78 is 5.50. The van der Waals surface area contributed by atoms with Gasteiger partial charge in [0.2, 0.25) is 5.95 Å². The molecule has 3 aromatic heterocycles. The predicted molar refractivity (Wildman–Crippen MR) is 109 cm³/mol. The van der Waals surface area contributed by atoms with Gasteiger partial charge in [0.05, 0.1) is 22.5 Å². The third-order valence-electron chi connectivity index (χ3n) is 5.44. The van der Waals surface area contributed by atoms with Crippen LogP contribution in [0, 0.1) is 6.92 Å². The molecule has 1 amide bonds. The summed E-state index contributed by atoms with van der Waals surface area (Å²) in [5.74, 6) is 1.60. The van der Waals surface area contributed by atoms with E-state index in [9.17, 15) is 4.79 Å². The summed E-state index contributed by atoms with van der Waals surface area (Å²) >= 11 is 1.44. The number of likely N-dealkylation sites (tertiary alicyclic amines) is 1. The van der Waals surface area contributed by atoms with Gasteiger partial charge in [0.15, 0.2) is 5.76 Å². The van der Waals surface area contributed by atoms with Crippen LogP contribution >= 0.6 is 11.3 Å². The monoisotopic (exact) mass is 410 g/mol. The number of nitrogens with zero attached hydrogens (tertiary/aromatic N) is 5. The molecular weight excluding hydrogens is 388 g/mol. The van der Waals surface area contributed by atoms with Crippen molar-refractivity contribution < 1.29 is 9.32 Å². The zero-order chi connectivity index (χ0) is 19.8. The van der Waals surface area contributed by atoms with Crippen LogP contribution in [0.4, 0.5) is 5.95 Å². The SMILES string of the molecule is Cc1cc(-c2cnc(NC3CC3)nc2C2CCN(C(=O)c3cscn3)CC2)on1. The summed E-state index contributed by atoms with van der Waals surface area (Å²) in [5, 5.41) is 9.21. The molecule has 1 N–H and O–H groups in total. The Balaban J connectivity index is 1.38. The molecule has 2 aliphatic rings. The van der Waals surface area contributed by atoms with Crippen molar-refractivity contribution in [3.8, 4) is 11.3 Å². The van der Waals surface area contributed by atoms with Gasteiger partial charge in [-0.2, -0.15) is 0 Å². The molecule has 0 bridgehead atoms. The van der Waals surface area contributed by atoms with Crippen LogP contribution in [0.3, 0.4) is 0 Å². The van der Waals surface area contributed by atoms with E-state index in [1.54, 1.807) is 10.9 Å². The fourth-order valence-corrected chi connectivity index (χ4v) is 4.23. The molecule has 1 saturated heterocycles. The van der Waals surface area contributed by atoms with Gasteiger partial charge in [-0.25, -0.2) is 15.0 Å². The predicted octanol–water partition coefficient (Wildman–Crippen LogP) is 3.49. The van der Waals surface area contributed by atoms with Gasteiger partial charge in [-0.15, -0.1) is 11.3 Å². The second-order valence-corrected chi connectivity index (χ2v) is 8.40. The minimum atomic E-state index is 0.00885. The highest BCUT2D eigenvalue weighted by Gasteiger charge is 2.30. The largest absolute Gasteiger partial charge is 0.356 e. The first-order chi connectivity index (χ1) is 14.2. The second-order valence-electron chi connectivity index (χ2n) is 7.68. The van der Waals surface area contributed by atoms with E-state index in [4.69, 9.17) is 9.51 Å². The molecule has 0 atom stereocenters. The standard InChI is InChI=1S/C20H22N6O2S/c1-12-8-17(28-25-12)15-9-21-20(23-14-2-3-14)24-18(15)13-4-6-26(7-5-13)19(27)16-10-29-11-22-16/h8-11,13-14H,2-7H2,1H3,(H,21,23,24). The van der Waals surface area contributed by atoms with Crippen LogP contribution in [0.25, 0.3) is 11.3 Å². The number of hydrogen-bond donors (Lipinski definition) is 1. The fraction of sp³-hybridized carbons (Fsp3) is 0.450. The van der Waals surface area contributed by atoms with E-state index in [0.717, 1.165) is 29.8 Å². The van der Waals surface area contributed by atoms with Gasteiger partial charge in [0.25, 0.3) is 5.91 Å². The highest BCUT2D eigenvalue weighted by molar-refractivity contribution is 7.07. The van der Waals surface area contributed by atoms with Gasteiger partial charge in [-0.1, -0.05) is 5.16 Å². The van der Waals surface area contributed by atoms with Crippen LogP contribution in [0.2, 0.25) is 0 Å². The molecule has 2 fully saturated rings. The Morgan fingerprint density at radius 2 is 2.07 bits per heavy atom. The highest BCUT2D eigenvalue weighted by atomic mass is 32.1. The van der Waals surface area contributed by atoms with E-state index in [0.29, 0.717) is 36.5 Å². The molecule has 3 aromatic rings. The van der Waals surface area contributed by atoms with Crippen LogP contribution in [0.1, 0.15) is 53.5 Å². The van der Waals surface area contributed by atoms with Crippen LogP contribution in [0.5, 0.6) is 0 Å². The third kappa shape index (κ3) is 3.87. The van der Waals surface area contributed by atoms with E-state index in [2.05, 4.69) is 20.4 Å². The Kier molecular flexibility index (Phi) is 4.75. The molecule has 1 aliphatic heterocycles. The number of nitrogens with one attached hydrogen (secondary N) is 1. The maximum Gasteiger partial charge on any atom is 0.273 e. The van der Waals surface area contributed by atoms with Crippen LogP contribution < -0.4 is 5.32 Å². The number of rotatable bonds is 5. The Morgan fingerprint density at radius 3 is 2.72 bits per heavy atom. The van der Waals surface area contributed by atoms with Crippen molar-refractivity contribution in [2.45, 2.75) is 44.6 Å². The average molecular weight is 411 g/mol. The number of amides is 1. The van der Waals surface area contributed by atoms with E-state index in [-0.39, 0.29) is 11.8 Å². The molecule has 0 unspecified atom stereocenters. The van der Waals surface area contributed by atoms with Gasteiger partial charge in [0.1, 0.15) is 5.69 Å². The van der Waals surface area contributed by atoms with E-state index in [1.165, 1.54) is 24.2 Å². The number of carbonyl (C=O) groups is 1. The Morgan fingerprint density at radius 1 is 1.24 bits per heavy atom. The number of piperidine rings is 1. The van der Waals surface area contributed by atoms with Crippen LogP contribution in [-0.4, -0.2) is 50.0 Å². The topological polar surface area (TPSA) is 97.0 Å². The molecule has 5 rings (SSSR count). The van der Waals surface area contributed by atoms with Gasteiger partial charge in [-0.05, 0) is 32.6 Å². The van der Waals surface area contributed by atoms with Crippen molar-refractivity contribution in [1.82, 2.24) is 25.0 Å². The summed E-state index contributed by atoms with van der Waals surface area (Å²) in [6.07, 6.45) is 5.85. The molecule has 150 valence electrons. The smallest absolute Gasteiger partial charge is 0.273 e. The fourth-order valence-electron chi connectivity index (χ4n) is 3.70. The number of aromatic nitrogens is 4. The average Bonchev–Trinajstić information content (AvgIpc) is 3.20. The lowest BCUT2D eigenvalue weighted by molar-refractivity contribution is 0.0707. The Bertz CT molecular complexity index is 1010. The van der Waals surface area contributed by atoms with Crippen molar-refractivity contribution in [2.75, 3.05) is 18.4 Å². The lowest BCUT2D eigenvalue weighted by atomic mass is 9.90. The van der Waals surface area contributed by atoms with Crippen molar-refractivity contribution >= 4 is 23.2 Å². The number of anilines is 1. The third-order valence-corrected chi connectivity index (χ3v) is 6.03. The lowest BCUT2D eigenvalue weighted by Crippen LogP contribution is -2.38. The quantitative estimate of drug-likeness (QED) is 0.687. The van der Waals surface area contributed by atoms with Crippen molar-refractivity contribution in [2.24, 2.45) is 0 Å². The van der Waals surface area contributed by atoms with Crippen molar-refractivity contribution in [1.29, 1.82) is 0 Å². The number of thiazole rings is 1. The van der Waals surface area contributed by atoms with Crippen molar-refractivity contribution in [3.05, 3.63) is 40.2 Å². The first-order valence-corrected chi connectivity index (χ1v) is 10.9. The summed E-state index contributed by atoms with van der Waals surface area (Å²) in [4.78, 5) is 28.0. The zero-order valence-corrected chi connectivity index (χ0v) is 17.0. The molecule has 29 heavy (non-hydrogen) atoms. The minimum absolute atomic E-state index is 0.00885. The summed E-state index contributed by atoms with van der Waals surface area (Å²) in [7, 11) is 0. The van der Waals surface area contributed by atoms with E-state index >= 15 is 0 Å². The summed E-state index contributed by atoms with van der Waals surface area (Å²) in [5.41, 5.74) is 4.91. The number of hydrogen-bond acceptors (Lipinski definition) is 8. The molecule has 1 aliphatic carbocycles. The molecule has 8 nitrogen and oxygen atoms in total. The Hall–Kier alpha value is -2.81. The molecule has 0 spiro atoms. The summed E-state index contributed by atoms with van der Waals surface area (Å²) in [6, 6.07) is 2.40. The molecule has 1 saturated carbocycles. The maximum atomic E-state index is 12.6. The lowest BCUT2D eigenvalue weighted by Gasteiger charge is -2.32. The first-order valence-electron chi connectivity index (χ1n) is 9.92. The first kappa shape index (κ1) is 18.2. The number of carbonyl (C=O) groups excluding carboxylic acids is 1. The van der Waals surface area contributed by atoms with Gasteiger partial charge < -0.3 is 14.7 Å². The van der Waals surface area contributed by atoms with Crippen molar-refractivity contribution in [3.63, 3.8) is 0 Å². The maximum absolute atomic E-state index is 12.6. The number of aryl methyl sites for hydroxylation is 1. The minimum Gasteiger partial charge on any atom is -0.356 e. The zero-order valence-electron chi connectivity index (χ0n) is 16.2. The summed E-state index contributed by atoms with van der Waals surface area (Å²) in [6.45, 7) is 3.27. The molecule has 0 aromatic carbocycles. The van der Waals surface area contributed by atoms with Crippen LogP contribution in [-0.2, 0) is 0 Å². The molecular formula is C20H22N6O2S. The Labute approximate surface area is 172 Å². The molecule has 0 radical (unpaired) electrons. The highest BCUT2D eigenvalue weighted by Crippen LogP contribution is 2.35. The van der Waals surface area contributed by atoms with Crippen LogP contribution in [0.15, 0.2) is 27.7 Å². The van der Waals surface area contributed by atoms with Gasteiger partial charge in [0, 0.05) is 42.7 Å². The van der Waals surface area contributed by atoms with E-state index in [1.807, 2.05) is 24.1 Å². The molecule has 9 heteroatoms. The normalized spacial score (nSPS) is 17.5.